The number of aromatic nitrogens is 3. The van der Waals surface area contributed by atoms with Crippen LogP contribution in [0.25, 0.3) is 0 Å². The van der Waals surface area contributed by atoms with E-state index < -0.39 is 0 Å². The fraction of sp³-hybridized carbons (Fsp3) is 0.800. The standard InChI is InChI=1S/C10H19N5O/c1-3-16-10-12-9(13-14-10)15-6-4-8(11-2)5-7-15/h8,11H,3-7H2,1-2H3,(H,12,13,14). The minimum Gasteiger partial charge on any atom is -0.463 e. The van der Waals surface area contributed by atoms with Crippen LogP contribution >= 0.6 is 0 Å². The molecule has 1 saturated heterocycles. The van der Waals surface area contributed by atoms with E-state index in [1.54, 1.807) is 0 Å². The van der Waals surface area contributed by atoms with Gasteiger partial charge in [-0.3, -0.25) is 0 Å². The van der Waals surface area contributed by atoms with Crippen molar-refractivity contribution < 1.29 is 4.74 Å². The van der Waals surface area contributed by atoms with Gasteiger partial charge in [0, 0.05) is 19.1 Å². The van der Waals surface area contributed by atoms with Gasteiger partial charge in [0.1, 0.15) is 0 Å². The van der Waals surface area contributed by atoms with Gasteiger partial charge in [-0.1, -0.05) is 0 Å². The fourth-order valence-corrected chi connectivity index (χ4v) is 1.95. The summed E-state index contributed by atoms with van der Waals surface area (Å²) < 4.78 is 5.23. The summed E-state index contributed by atoms with van der Waals surface area (Å²) in [6.07, 6.45) is 2.28. The molecule has 0 atom stereocenters. The lowest BCUT2D eigenvalue weighted by molar-refractivity contribution is 0.314. The number of ether oxygens (including phenoxy) is 1. The summed E-state index contributed by atoms with van der Waals surface area (Å²) in [5, 5.41) is 10.2. The highest BCUT2D eigenvalue weighted by molar-refractivity contribution is 5.30. The molecule has 1 fully saturated rings. The number of nitrogens with zero attached hydrogens (tertiary/aromatic N) is 3. The van der Waals surface area contributed by atoms with Crippen LogP contribution in [0.15, 0.2) is 0 Å². The molecular formula is C10H19N5O. The van der Waals surface area contributed by atoms with Crippen LogP contribution < -0.4 is 15.0 Å². The van der Waals surface area contributed by atoms with E-state index in [9.17, 15) is 0 Å². The normalized spacial score (nSPS) is 17.8. The van der Waals surface area contributed by atoms with Gasteiger partial charge in [0.05, 0.1) is 6.61 Å². The van der Waals surface area contributed by atoms with Gasteiger partial charge in [-0.2, -0.15) is 4.98 Å². The van der Waals surface area contributed by atoms with Crippen molar-refractivity contribution in [3.8, 4) is 6.01 Å². The quantitative estimate of drug-likeness (QED) is 0.776. The van der Waals surface area contributed by atoms with Gasteiger partial charge < -0.3 is 15.0 Å². The molecule has 2 heterocycles. The Bertz CT molecular complexity index is 319. The van der Waals surface area contributed by atoms with Crippen LogP contribution in [0.3, 0.4) is 0 Å². The molecule has 0 amide bonds. The Morgan fingerprint density at radius 3 is 2.88 bits per heavy atom. The van der Waals surface area contributed by atoms with Gasteiger partial charge in [0.25, 0.3) is 0 Å². The molecule has 0 aromatic carbocycles. The fourth-order valence-electron chi connectivity index (χ4n) is 1.95. The molecule has 1 aliphatic heterocycles. The third-order valence-electron chi connectivity index (χ3n) is 2.93. The molecule has 6 heteroatoms. The highest BCUT2D eigenvalue weighted by Crippen LogP contribution is 2.17. The van der Waals surface area contributed by atoms with E-state index in [4.69, 9.17) is 4.74 Å². The Labute approximate surface area is 95.4 Å². The summed E-state index contributed by atoms with van der Waals surface area (Å²) in [4.78, 5) is 6.50. The molecule has 0 aliphatic carbocycles. The molecule has 0 saturated carbocycles. The first-order valence-corrected chi connectivity index (χ1v) is 5.81. The van der Waals surface area contributed by atoms with Gasteiger partial charge in [0.15, 0.2) is 0 Å². The monoisotopic (exact) mass is 225 g/mol. The van der Waals surface area contributed by atoms with Crippen LogP contribution in [-0.2, 0) is 0 Å². The van der Waals surface area contributed by atoms with Crippen molar-refractivity contribution in [2.24, 2.45) is 0 Å². The number of piperidine rings is 1. The Kier molecular flexibility index (Phi) is 3.61. The van der Waals surface area contributed by atoms with Gasteiger partial charge in [0.2, 0.25) is 5.95 Å². The third kappa shape index (κ3) is 2.44. The predicted molar refractivity (Wildman–Crippen MR) is 61.8 cm³/mol. The molecular weight excluding hydrogens is 206 g/mol. The summed E-state index contributed by atoms with van der Waals surface area (Å²) in [5.41, 5.74) is 0. The zero-order chi connectivity index (χ0) is 11.4. The number of anilines is 1. The van der Waals surface area contributed by atoms with Crippen molar-refractivity contribution in [1.82, 2.24) is 20.5 Å². The Morgan fingerprint density at radius 1 is 1.50 bits per heavy atom. The van der Waals surface area contributed by atoms with Gasteiger partial charge in [-0.25, -0.2) is 5.10 Å². The lowest BCUT2D eigenvalue weighted by Gasteiger charge is -2.31. The zero-order valence-electron chi connectivity index (χ0n) is 9.86. The molecule has 2 N–H and O–H groups in total. The van der Waals surface area contributed by atoms with E-state index in [2.05, 4.69) is 25.4 Å². The Hall–Kier alpha value is -1.30. The number of hydrogen-bond donors (Lipinski definition) is 2. The first kappa shape index (κ1) is 11.2. The van der Waals surface area contributed by atoms with E-state index >= 15 is 0 Å². The Balaban J connectivity index is 1.92. The second-order valence-electron chi connectivity index (χ2n) is 3.92. The van der Waals surface area contributed by atoms with Crippen LogP contribution in [0.5, 0.6) is 6.01 Å². The number of rotatable bonds is 4. The maximum atomic E-state index is 5.23. The average Bonchev–Trinajstić information content (AvgIpc) is 2.78. The van der Waals surface area contributed by atoms with Crippen molar-refractivity contribution in [2.75, 3.05) is 31.6 Å². The maximum Gasteiger partial charge on any atom is 0.337 e. The van der Waals surface area contributed by atoms with Gasteiger partial charge >= 0.3 is 6.01 Å². The van der Waals surface area contributed by atoms with Crippen molar-refractivity contribution in [1.29, 1.82) is 0 Å². The van der Waals surface area contributed by atoms with Crippen LogP contribution in [0.4, 0.5) is 5.95 Å². The molecule has 0 bridgehead atoms. The molecule has 6 nitrogen and oxygen atoms in total. The molecule has 90 valence electrons. The number of H-pyrrole nitrogens is 1. The lowest BCUT2D eigenvalue weighted by Crippen LogP contribution is -2.41. The van der Waals surface area contributed by atoms with Crippen molar-refractivity contribution in [3.05, 3.63) is 0 Å². The maximum absolute atomic E-state index is 5.23. The van der Waals surface area contributed by atoms with E-state index in [1.807, 2.05) is 14.0 Å². The SMILES string of the molecule is CCOc1n[nH]c(N2CCC(NC)CC2)n1. The molecule has 0 spiro atoms. The lowest BCUT2D eigenvalue weighted by atomic mass is 10.1. The first-order valence-electron chi connectivity index (χ1n) is 5.81. The largest absolute Gasteiger partial charge is 0.463 e. The van der Waals surface area contributed by atoms with Crippen LogP contribution in [-0.4, -0.2) is 48.0 Å². The second kappa shape index (κ2) is 5.16. The van der Waals surface area contributed by atoms with Crippen molar-refractivity contribution >= 4 is 5.95 Å². The predicted octanol–water partition coefficient (Wildman–Crippen LogP) is 0.392. The summed E-state index contributed by atoms with van der Waals surface area (Å²) in [6.45, 7) is 4.53. The van der Waals surface area contributed by atoms with Gasteiger partial charge in [-0.05, 0) is 26.8 Å². The number of hydrogen-bond acceptors (Lipinski definition) is 5. The smallest absolute Gasteiger partial charge is 0.337 e. The molecule has 1 aromatic heterocycles. The molecule has 0 radical (unpaired) electrons. The topological polar surface area (TPSA) is 66.1 Å². The van der Waals surface area contributed by atoms with E-state index in [-0.39, 0.29) is 0 Å². The average molecular weight is 225 g/mol. The second-order valence-corrected chi connectivity index (χ2v) is 3.92. The molecule has 2 rings (SSSR count). The summed E-state index contributed by atoms with van der Waals surface area (Å²) in [6, 6.07) is 1.07. The summed E-state index contributed by atoms with van der Waals surface area (Å²) >= 11 is 0. The first-order chi connectivity index (χ1) is 7.83. The minimum atomic E-state index is 0.438. The van der Waals surface area contributed by atoms with Crippen LogP contribution in [0.2, 0.25) is 0 Å². The van der Waals surface area contributed by atoms with Crippen molar-refractivity contribution in [3.63, 3.8) is 0 Å². The molecule has 0 unspecified atom stereocenters. The zero-order valence-corrected chi connectivity index (χ0v) is 9.86. The van der Waals surface area contributed by atoms with Crippen LogP contribution in [0, 0.1) is 0 Å². The van der Waals surface area contributed by atoms with Gasteiger partial charge in [-0.15, -0.1) is 5.10 Å². The van der Waals surface area contributed by atoms with E-state index in [0.29, 0.717) is 18.7 Å². The third-order valence-corrected chi connectivity index (χ3v) is 2.93. The molecule has 16 heavy (non-hydrogen) atoms. The molecule has 1 aliphatic rings. The van der Waals surface area contributed by atoms with Crippen LogP contribution in [0.1, 0.15) is 19.8 Å². The highest BCUT2D eigenvalue weighted by atomic mass is 16.5. The summed E-state index contributed by atoms with van der Waals surface area (Å²) in [7, 11) is 2.02. The highest BCUT2D eigenvalue weighted by Gasteiger charge is 2.20. The summed E-state index contributed by atoms with van der Waals surface area (Å²) in [5.74, 6) is 0.818. The number of nitrogens with one attached hydrogen (secondary N) is 2. The minimum absolute atomic E-state index is 0.438. The van der Waals surface area contributed by atoms with E-state index in [1.165, 1.54) is 0 Å². The Morgan fingerprint density at radius 2 is 2.25 bits per heavy atom. The van der Waals surface area contributed by atoms with Crippen molar-refractivity contribution in [2.45, 2.75) is 25.8 Å². The molecule has 1 aromatic rings. The van der Waals surface area contributed by atoms with E-state index in [0.717, 1.165) is 31.9 Å². The number of aromatic amines is 1.